The molecular weight excluding hydrogens is 504 g/mol. The van der Waals surface area contributed by atoms with E-state index in [4.69, 9.17) is 30.9 Å². The molecule has 1 fully saturated rings. The average molecular weight is 521 g/mol. The number of nitrogens with one attached hydrogen (secondary N) is 1. The Morgan fingerprint density at radius 2 is 1.86 bits per heavy atom. The number of barbiturate groups is 1. The van der Waals surface area contributed by atoms with Crippen LogP contribution in [-0.2, 0) is 16.2 Å². The maximum Gasteiger partial charge on any atom is 0.335 e. The van der Waals surface area contributed by atoms with Crippen LogP contribution in [0.2, 0.25) is 5.02 Å². The second-order valence-corrected chi connectivity index (χ2v) is 8.39. The molecule has 0 saturated carbocycles. The molecule has 0 radical (unpaired) electrons. The molecule has 2 N–H and O–H groups in total. The number of benzene rings is 3. The van der Waals surface area contributed by atoms with Crippen LogP contribution in [0.3, 0.4) is 0 Å². The van der Waals surface area contributed by atoms with Gasteiger partial charge in [0.2, 0.25) is 6.79 Å². The van der Waals surface area contributed by atoms with E-state index in [1.165, 1.54) is 36.4 Å². The number of hydrogen-bond donors (Lipinski definition) is 2. The number of rotatable bonds is 6. The highest BCUT2D eigenvalue weighted by atomic mass is 35.5. The van der Waals surface area contributed by atoms with Gasteiger partial charge < -0.3 is 19.3 Å². The van der Waals surface area contributed by atoms with E-state index in [-0.39, 0.29) is 35.2 Å². The number of nitrogens with zero attached hydrogens (tertiary/aromatic N) is 1. The van der Waals surface area contributed by atoms with Crippen LogP contribution in [-0.4, -0.2) is 35.7 Å². The van der Waals surface area contributed by atoms with Crippen molar-refractivity contribution in [2.45, 2.75) is 6.61 Å². The maximum atomic E-state index is 13.1. The van der Waals surface area contributed by atoms with Crippen molar-refractivity contribution in [1.29, 1.82) is 0 Å². The summed E-state index contributed by atoms with van der Waals surface area (Å²) >= 11 is 6.35. The van der Waals surface area contributed by atoms with Crippen molar-refractivity contribution in [3.05, 3.63) is 87.9 Å². The van der Waals surface area contributed by atoms with Gasteiger partial charge in [-0.2, -0.15) is 0 Å². The largest absolute Gasteiger partial charge is 0.487 e. The minimum Gasteiger partial charge on any atom is -0.487 e. The van der Waals surface area contributed by atoms with Crippen LogP contribution in [0.4, 0.5) is 10.5 Å². The van der Waals surface area contributed by atoms with Crippen LogP contribution < -0.4 is 24.4 Å². The van der Waals surface area contributed by atoms with Gasteiger partial charge in [-0.05, 0) is 53.6 Å². The number of ether oxygens (including phenoxy) is 3. The second-order valence-electron chi connectivity index (χ2n) is 7.98. The van der Waals surface area contributed by atoms with E-state index in [1.54, 1.807) is 30.3 Å². The lowest BCUT2D eigenvalue weighted by molar-refractivity contribution is -0.122. The van der Waals surface area contributed by atoms with Crippen LogP contribution >= 0.6 is 11.6 Å². The van der Waals surface area contributed by atoms with Crippen molar-refractivity contribution in [2.24, 2.45) is 0 Å². The predicted octanol–water partition coefficient (Wildman–Crippen LogP) is 4.01. The number of carbonyl (C=O) groups is 4. The summed E-state index contributed by atoms with van der Waals surface area (Å²) in [5, 5.41) is 11.5. The Morgan fingerprint density at radius 3 is 2.65 bits per heavy atom. The fraction of sp³-hybridized carbons (Fsp3) is 0.0769. The highest BCUT2D eigenvalue weighted by Crippen LogP contribution is 2.36. The van der Waals surface area contributed by atoms with E-state index in [1.807, 2.05) is 0 Å². The van der Waals surface area contributed by atoms with E-state index < -0.39 is 23.8 Å². The van der Waals surface area contributed by atoms with Gasteiger partial charge in [-0.25, -0.2) is 14.5 Å². The van der Waals surface area contributed by atoms with Gasteiger partial charge in [-0.15, -0.1) is 0 Å². The van der Waals surface area contributed by atoms with Crippen molar-refractivity contribution in [3.63, 3.8) is 0 Å². The number of carboxylic acids is 1. The number of anilines is 1. The van der Waals surface area contributed by atoms with Crippen molar-refractivity contribution in [2.75, 3.05) is 11.7 Å². The third-order valence-electron chi connectivity index (χ3n) is 5.55. The fourth-order valence-corrected chi connectivity index (χ4v) is 4.01. The quantitative estimate of drug-likeness (QED) is 0.368. The number of halogens is 1. The average Bonchev–Trinajstić information content (AvgIpc) is 3.34. The van der Waals surface area contributed by atoms with E-state index in [2.05, 4.69) is 5.32 Å². The molecule has 4 amide bonds. The molecule has 10 nitrogen and oxygen atoms in total. The molecule has 1 saturated heterocycles. The Kier molecular flexibility index (Phi) is 6.24. The predicted molar refractivity (Wildman–Crippen MR) is 131 cm³/mol. The highest BCUT2D eigenvalue weighted by molar-refractivity contribution is 6.39. The molecule has 3 aromatic rings. The Labute approximate surface area is 214 Å². The SMILES string of the molecule is O=C1NC(=O)N(c2ccc3c(c2)OCO3)C(=O)/C1=C/c1ccc(OCc2cccc(C(=O)O)c2)c(Cl)c1. The maximum absolute atomic E-state index is 13.1. The molecule has 0 atom stereocenters. The molecule has 2 aliphatic heterocycles. The molecule has 0 unspecified atom stereocenters. The smallest absolute Gasteiger partial charge is 0.335 e. The number of amides is 4. The zero-order chi connectivity index (χ0) is 26.1. The van der Waals surface area contributed by atoms with Crippen LogP contribution in [0.1, 0.15) is 21.5 Å². The van der Waals surface area contributed by atoms with Gasteiger partial charge in [-0.3, -0.25) is 14.9 Å². The lowest BCUT2D eigenvalue weighted by Crippen LogP contribution is -2.54. The summed E-state index contributed by atoms with van der Waals surface area (Å²) in [4.78, 5) is 50.1. The summed E-state index contributed by atoms with van der Waals surface area (Å²) < 4.78 is 16.3. The molecule has 2 heterocycles. The third kappa shape index (κ3) is 4.82. The van der Waals surface area contributed by atoms with Crippen molar-refractivity contribution >= 4 is 47.2 Å². The topological polar surface area (TPSA) is 131 Å². The number of urea groups is 1. The molecule has 0 spiro atoms. The molecule has 0 aliphatic carbocycles. The standard InChI is InChI=1S/C26H17ClN2O8/c27-19-10-14(4-6-20(19)35-12-15-2-1-3-16(8-15)25(32)33)9-18-23(30)28-26(34)29(24(18)31)17-5-7-21-22(11-17)37-13-36-21/h1-11H,12-13H2,(H,32,33)(H,28,30,34)/b18-9+. The number of fused-ring (bicyclic) bond motifs is 1. The van der Waals surface area contributed by atoms with Crippen molar-refractivity contribution in [3.8, 4) is 17.2 Å². The molecule has 2 aliphatic rings. The van der Waals surface area contributed by atoms with Gasteiger partial charge in [0.15, 0.2) is 11.5 Å². The molecular formula is C26H17ClN2O8. The van der Waals surface area contributed by atoms with Crippen molar-refractivity contribution < 1.29 is 38.5 Å². The van der Waals surface area contributed by atoms with Gasteiger partial charge in [0.05, 0.1) is 16.3 Å². The van der Waals surface area contributed by atoms with Gasteiger partial charge in [-0.1, -0.05) is 29.8 Å². The molecule has 3 aromatic carbocycles. The minimum absolute atomic E-state index is 0.0256. The summed E-state index contributed by atoms with van der Waals surface area (Å²) in [5.41, 5.74) is 1.13. The summed E-state index contributed by atoms with van der Waals surface area (Å²) in [6, 6.07) is 14.6. The van der Waals surface area contributed by atoms with Crippen molar-refractivity contribution in [1.82, 2.24) is 5.32 Å². The third-order valence-corrected chi connectivity index (χ3v) is 5.85. The van der Waals surface area contributed by atoms with Crippen LogP contribution in [0, 0.1) is 0 Å². The molecule has 0 bridgehead atoms. The first-order valence-electron chi connectivity index (χ1n) is 10.9. The lowest BCUT2D eigenvalue weighted by Gasteiger charge is -2.26. The number of aromatic carboxylic acids is 1. The van der Waals surface area contributed by atoms with E-state index >= 15 is 0 Å². The summed E-state index contributed by atoms with van der Waals surface area (Å²) in [6.45, 7) is 0.104. The molecule has 37 heavy (non-hydrogen) atoms. The number of carboxylic acid groups (broad SMARTS) is 1. The van der Waals surface area contributed by atoms with E-state index in [9.17, 15) is 19.2 Å². The van der Waals surface area contributed by atoms with Crippen LogP contribution in [0.5, 0.6) is 17.2 Å². The van der Waals surface area contributed by atoms with Gasteiger partial charge >= 0.3 is 12.0 Å². The Morgan fingerprint density at radius 1 is 1.05 bits per heavy atom. The first kappa shape index (κ1) is 23.9. The first-order valence-corrected chi connectivity index (χ1v) is 11.2. The minimum atomic E-state index is -1.04. The first-order chi connectivity index (χ1) is 17.8. The zero-order valence-corrected chi connectivity index (χ0v) is 19.7. The van der Waals surface area contributed by atoms with E-state index in [0.717, 1.165) is 4.90 Å². The normalized spacial score (nSPS) is 15.6. The summed E-state index contributed by atoms with van der Waals surface area (Å²) in [6.07, 6.45) is 1.32. The second kappa shape index (κ2) is 9.67. The number of carbonyl (C=O) groups excluding carboxylic acids is 3. The van der Waals surface area contributed by atoms with Crippen LogP contribution in [0.25, 0.3) is 6.08 Å². The van der Waals surface area contributed by atoms with Gasteiger partial charge in [0.1, 0.15) is 17.9 Å². The fourth-order valence-electron chi connectivity index (χ4n) is 3.76. The Bertz CT molecular complexity index is 1500. The lowest BCUT2D eigenvalue weighted by atomic mass is 10.1. The molecule has 11 heteroatoms. The molecule has 5 rings (SSSR count). The Hall–Kier alpha value is -4.83. The van der Waals surface area contributed by atoms with Gasteiger partial charge in [0, 0.05) is 6.07 Å². The Balaban J connectivity index is 1.35. The highest BCUT2D eigenvalue weighted by Gasteiger charge is 2.37. The monoisotopic (exact) mass is 520 g/mol. The zero-order valence-electron chi connectivity index (χ0n) is 18.9. The summed E-state index contributed by atoms with van der Waals surface area (Å²) in [7, 11) is 0. The summed E-state index contributed by atoms with van der Waals surface area (Å²) in [5.74, 6) is -1.53. The number of imide groups is 2. The van der Waals surface area contributed by atoms with Gasteiger partial charge in [0.25, 0.3) is 11.8 Å². The van der Waals surface area contributed by atoms with Crippen LogP contribution in [0.15, 0.2) is 66.2 Å². The molecule has 186 valence electrons. The number of hydrogen-bond acceptors (Lipinski definition) is 7. The molecule has 0 aromatic heterocycles. The van der Waals surface area contributed by atoms with E-state index in [0.29, 0.717) is 28.4 Å².